The van der Waals surface area contributed by atoms with Crippen LogP contribution in [0.25, 0.3) is 39.4 Å². The minimum absolute atomic E-state index is 0. The van der Waals surface area contributed by atoms with Gasteiger partial charge in [-0.05, 0) is 40.9 Å². The quantitative estimate of drug-likeness (QED) is 0.172. The fourth-order valence-electron chi connectivity index (χ4n) is 6.28. The number of pyridine rings is 1. The van der Waals surface area contributed by atoms with Gasteiger partial charge in [-0.25, -0.2) is 9.78 Å². The van der Waals surface area contributed by atoms with Crippen LogP contribution in [0, 0.1) is 12.1 Å². The van der Waals surface area contributed by atoms with E-state index >= 15 is 0 Å². The second kappa shape index (κ2) is 12.2. The zero-order valence-electron chi connectivity index (χ0n) is 26.1. The van der Waals surface area contributed by atoms with Crippen molar-refractivity contribution in [2.45, 2.75) is 38.5 Å². The maximum absolute atomic E-state index is 13.0. The van der Waals surface area contributed by atoms with Crippen molar-refractivity contribution in [1.82, 2.24) is 23.9 Å². The number of imidazole rings is 1. The average molecular weight is 780 g/mol. The van der Waals surface area contributed by atoms with Gasteiger partial charge >= 0.3 is 5.69 Å². The van der Waals surface area contributed by atoms with Gasteiger partial charge in [0.1, 0.15) is 0 Å². The molecule has 46 heavy (non-hydrogen) atoms. The van der Waals surface area contributed by atoms with Gasteiger partial charge in [0.2, 0.25) is 0 Å². The number of nitrogens with zero attached hydrogens (tertiary/aromatic N) is 5. The molecule has 231 valence electrons. The Morgan fingerprint density at radius 1 is 0.696 bits per heavy atom. The van der Waals surface area contributed by atoms with Crippen LogP contribution in [-0.2, 0) is 30.9 Å². The standard InChI is InChI=1S/C21H21N2.C18H12N3O.Ir/c1-20(2)17-12-8-9-13-18(17)23-19(21(20,3)4)16(14-22-23)15-10-6-5-7-11-15;22-18-20(14-8-3-1-4-9-14)16-12-7-13-19-17(16)21(18)15-10-5-2-6-11-15;/h5-12,14H,1-4H3;1-10,12-13H;/q2*-1;. The summed E-state index contributed by atoms with van der Waals surface area (Å²) in [4.78, 5) is 17.3. The molecule has 0 N–H and O–H groups in total. The zero-order chi connectivity index (χ0) is 31.2. The second-order valence-corrected chi connectivity index (χ2v) is 12.2. The van der Waals surface area contributed by atoms with Gasteiger partial charge in [0.15, 0.2) is 5.65 Å². The van der Waals surface area contributed by atoms with Crippen molar-refractivity contribution in [1.29, 1.82) is 0 Å². The smallest absolute Gasteiger partial charge is 0.269 e. The van der Waals surface area contributed by atoms with Gasteiger partial charge in [0.05, 0.1) is 23.1 Å². The molecule has 0 saturated carbocycles. The molecule has 0 saturated heterocycles. The van der Waals surface area contributed by atoms with E-state index in [0.717, 1.165) is 16.9 Å². The van der Waals surface area contributed by atoms with E-state index in [4.69, 9.17) is 5.10 Å². The van der Waals surface area contributed by atoms with Gasteiger partial charge in [-0.15, -0.1) is 11.6 Å². The van der Waals surface area contributed by atoms with Crippen molar-refractivity contribution in [2.24, 2.45) is 0 Å². The molecule has 0 atom stereocenters. The molecule has 4 aromatic carbocycles. The van der Waals surface area contributed by atoms with Crippen LogP contribution in [0.5, 0.6) is 0 Å². The summed E-state index contributed by atoms with van der Waals surface area (Å²) < 4.78 is 5.34. The Hall–Kier alpha value is -4.84. The first-order valence-corrected chi connectivity index (χ1v) is 15.1. The molecule has 0 fully saturated rings. The Morgan fingerprint density at radius 2 is 1.39 bits per heavy atom. The minimum atomic E-state index is -0.151. The van der Waals surface area contributed by atoms with Crippen molar-refractivity contribution in [3.8, 4) is 28.2 Å². The SMILES string of the molecule is CC1(C)c2ccc[c-]c2-n2ncc(-c3ccccc3)c2C1(C)C.O=c1n(-c2ccccc2)c2cccnc2n1-c1[c-]cccc1.[Ir]. The molecule has 8 rings (SSSR count). The number of aromatic nitrogens is 5. The number of hydrogen-bond donors (Lipinski definition) is 0. The number of hydrogen-bond acceptors (Lipinski definition) is 3. The molecule has 7 aromatic rings. The molecule has 6 nitrogen and oxygen atoms in total. The fourth-order valence-corrected chi connectivity index (χ4v) is 6.28. The van der Waals surface area contributed by atoms with Crippen molar-refractivity contribution in [3.05, 3.63) is 162 Å². The Morgan fingerprint density at radius 3 is 2.11 bits per heavy atom. The summed E-state index contributed by atoms with van der Waals surface area (Å²) in [7, 11) is 0. The molecule has 3 aromatic heterocycles. The Labute approximate surface area is 282 Å². The van der Waals surface area contributed by atoms with Crippen LogP contribution in [-0.4, -0.2) is 23.9 Å². The predicted octanol–water partition coefficient (Wildman–Crippen LogP) is 7.88. The second-order valence-electron chi connectivity index (χ2n) is 12.2. The van der Waals surface area contributed by atoms with Crippen LogP contribution in [0.1, 0.15) is 39.0 Å². The van der Waals surface area contributed by atoms with E-state index < -0.39 is 0 Å². The van der Waals surface area contributed by atoms with E-state index in [1.54, 1.807) is 21.4 Å². The van der Waals surface area contributed by atoms with Crippen molar-refractivity contribution in [2.75, 3.05) is 0 Å². The van der Waals surface area contributed by atoms with Crippen molar-refractivity contribution < 1.29 is 20.1 Å². The maximum atomic E-state index is 13.0. The van der Waals surface area contributed by atoms with Crippen LogP contribution < -0.4 is 5.69 Å². The molecular formula is C39H33IrN5O-2. The topological polar surface area (TPSA) is 57.6 Å². The van der Waals surface area contributed by atoms with Gasteiger partial charge in [-0.1, -0.05) is 81.9 Å². The van der Waals surface area contributed by atoms with Gasteiger partial charge in [0.25, 0.3) is 0 Å². The van der Waals surface area contributed by atoms with Crippen LogP contribution in [0.15, 0.2) is 132 Å². The van der Waals surface area contributed by atoms with E-state index in [0.29, 0.717) is 11.3 Å². The molecule has 0 aliphatic carbocycles. The minimum Gasteiger partial charge on any atom is -0.269 e. The van der Waals surface area contributed by atoms with Crippen LogP contribution in [0.4, 0.5) is 0 Å². The van der Waals surface area contributed by atoms with Crippen LogP contribution in [0.3, 0.4) is 0 Å². The first-order valence-electron chi connectivity index (χ1n) is 15.1. The summed E-state index contributed by atoms with van der Waals surface area (Å²) in [5, 5.41) is 4.72. The van der Waals surface area contributed by atoms with E-state index in [1.165, 1.54) is 22.4 Å². The monoisotopic (exact) mass is 780 g/mol. The Kier molecular flexibility index (Phi) is 8.24. The van der Waals surface area contributed by atoms with Crippen molar-refractivity contribution >= 4 is 11.2 Å². The van der Waals surface area contributed by atoms with Crippen LogP contribution >= 0.6 is 0 Å². The van der Waals surface area contributed by atoms with E-state index in [2.05, 4.69) is 92.0 Å². The summed E-state index contributed by atoms with van der Waals surface area (Å²) >= 11 is 0. The Bertz CT molecular complexity index is 2090. The third-order valence-electron chi connectivity index (χ3n) is 9.28. The third-order valence-corrected chi connectivity index (χ3v) is 9.28. The number of fused-ring (bicyclic) bond motifs is 4. The fraction of sp³-hybridized carbons (Fsp3) is 0.154. The molecule has 0 bridgehead atoms. The molecular weight excluding hydrogens is 747 g/mol. The Balaban J connectivity index is 0.000000158. The number of para-hydroxylation sites is 3. The first-order chi connectivity index (χ1) is 21.8. The third kappa shape index (κ3) is 4.97. The van der Waals surface area contributed by atoms with Gasteiger partial charge in [-0.2, -0.15) is 53.6 Å². The number of rotatable bonds is 3. The molecule has 7 heteroatoms. The van der Waals surface area contributed by atoms with Crippen LogP contribution in [0.2, 0.25) is 0 Å². The number of benzene rings is 4. The van der Waals surface area contributed by atoms with Crippen molar-refractivity contribution in [3.63, 3.8) is 0 Å². The summed E-state index contributed by atoms with van der Waals surface area (Å²) in [6.07, 6.45) is 3.69. The summed E-state index contributed by atoms with van der Waals surface area (Å²) in [6, 6.07) is 44.0. The van der Waals surface area contributed by atoms with E-state index in [9.17, 15) is 4.79 Å². The molecule has 0 unspecified atom stereocenters. The normalized spacial score (nSPS) is 13.9. The maximum Gasteiger partial charge on any atom is 0.337 e. The van der Waals surface area contributed by atoms with Gasteiger partial charge in [0, 0.05) is 37.3 Å². The molecule has 1 radical (unpaired) electrons. The average Bonchev–Trinajstić information content (AvgIpc) is 3.65. The molecule has 1 aliphatic heterocycles. The van der Waals surface area contributed by atoms with Gasteiger partial charge in [-0.3, -0.25) is 13.8 Å². The summed E-state index contributed by atoms with van der Waals surface area (Å²) in [6.45, 7) is 9.29. The summed E-state index contributed by atoms with van der Waals surface area (Å²) in [5.41, 5.74) is 8.79. The molecule has 0 spiro atoms. The van der Waals surface area contributed by atoms with Gasteiger partial charge < -0.3 is 0 Å². The molecule has 1 aliphatic rings. The summed E-state index contributed by atoms with van der Waals surface area (Å²) in [5.74, 6) is 0. The molecule has 4 heterocycles. The zero-order valence-corrected chi connectivity index (χ0v) is 28.5. The van der Waals surface area contributed by atoms with E-state index in [1.807, 2.05) is 72.9 Å². The van der Waals surface area contributed by atoms with E-state index in [-0.39, 0.29) is 36.6 Å². The molecule has 0 amide bonds. The first kappa shape index (κ1) is 31.2. The largest absolute Gasteiger partial charge is 0.337 e. The predicted molar refractivity (Wildman–Crippen MR) is 179 cm³/mol.